The number of nitro benzene ring substituents is 1. The lowest BCUT2D eigenvalue weighted by Crippen LogP contribution is -2.56. The smallest absolute Gasteiger partial charge is 0.292 e. The standard InChI is InChI=1S/C12H15ClN2O3/c1-12(2)10(6-11(12)16)14-8-5-7(13)3-4-9(8)15(17)18/h3-5,10-11,14,16H,6H2,1-2H3. The molecular weight excluding hydrogens is 256 g/mol. The summed E-state index contributed by atoms with van der Waals surface area (Å²) in [6.07, 6.45) is 0.199. The third kappa shape index (κ3) is 2.15. The molecule has 0 heterocycles. The molecule has 0 spiro atoms. The molecule has 0 amide bonds. The van der Waals surface area contributed by atoms with Crippen LogP contribution in [0.15, 0.2) is 18.2 Å². The maximum atomic E-state index is 10.9. The van der Waals surface area contributed by atoms with Crippen LogP contribution in [-0.2, 0) is 0 Å². The number of aliphatic hydroxyl groups is 1. The van der Waals surface area contributed by atoms with Crippen LogP contribution in [0.5, 0.6) is 0 Å². The fourth-order valence-corrected chi connectivity index (χ4v) is 2.29. The van der Waals surface area contributed by atoms with Crippen LogP contribution >= 0.6 is 11.6 Å². The van der Waals surface area contributed by atoms with E-state index in [1.807, 2.05) is 13.8 Å². The summed E-state index contributed by atoms with van der Waals surface area (Å²) >= 11 is 5.85. The second kappa shape index (κ2) is 4.40. The number of hydrogen-bond donors (Lipinski definition) is 2. The van der Waals surface area contributed by atoms with Gasteiger partial charge in [-0.3, -0.25) is 10.1 Å². The lowest BCUT2D eigenvalue weighted by atomic mass is 9.64. The molecule has 1 fully saturated rings. The van der Waals surface area contributed by atoms with Gasteiger partial charge in [0.05, 0.1) is 11.0 Å². The van der Waals surface area contributed by atoms with Crippen molar-refractivity contribution in [2.75, 3.05) is 5.32 Å². The summed E-state index contributed by atoms with van der Waals surface area (Å²) in [6.45, 7) is 3.85. The zero-order chi connectivity index (χ0) is 13.5. The fourth-order valence-electron chi connectivity index (χ4n) is 2.12. The zero-order valence-corrected chi connectivity index (χ0v) is 10.9. The van der Waals surface area contributed by atoms with Gasteiger partial charge in [0, 0.05) is 22.5 Å². The first kappa shape index (κ1) is 13.1. The molecule has 2 N–H and O–H groups in total. The van der Waals surface area contributed by atoms with Gasteiger partial charge in [0.25, 0.3) is 5.69 Å². The van der Waals surface area contributed by atoms with Crippen molar-refractivity contribution in [3.05, 3.63) is 33.3 Å². The van der Waals surface area contributed by atoms with Crippen molar-refractivity contribution in [3.63, 3.8) is 0 Å². The van der Waals surface area contributed by atoms with Crippen LogP contribution in [0.4, 0.5) is 11.4 Å². The number of benzene rings is 1. The third-order valence-corrected chi connectivity index (χ3v) is 3.94. The number of anilines is 1. The van der Waals surface area contributed by atoms with Gasteiger partial charge in [0.15, 0.2) is 0 Å². The maximum absolute atomic E-state index is 10.9. The molecule has 2 rings (SSSR count). The van der Waals surface area contributed by atoms with E-state index in [-0.39, 0.29) is 23.2 Å². The Kier molecular flexibility index (Phi) is 3.21. The van der Waals surface area contributed by atoms with Crippen molar-refractivity contribution in [1.29, 1.82) is 0 Å². The van der Waals surface area contributed by atoms with Crippen molar-refractivity contribution in [1.82, 2.24) is 0 Å². The number of aliphatic hydroxyl groups excluding tert-OH is 1. The van der Waals surface area contributed by atoms with Crippen molar-refractivity contribution in [2.24, 2.45) is 5.41 Å². The Balaban J connectivity index is 2.24. The summed E-state index contributed by atoms with van der Waals surface area (Å²) in [5.41, 5.74) is 0.102. The first-order chi connectivity index (χ1) is 8.32. The molecule has 0 aliphatic heterocycles. The topological polar surface area (TPSA) is 75.4 Å². The molecule has 2 atom stereocenters. The summed E-state index contributed by atoms with van der Waals surface area (Å²) in [7, 11) is 0. The number of rotatable bonds is 3. The largest absolute Gasteiger partial charge is 0.392 e. The fraction of sp³-hybridized carbons (Fsp3) is 0.500. The van der Waals surface area contributed by atoms with Gasteiger partial charge in [-0.15, -0.1) is 0 Å². The molecule has 0 bridgehead atoms. The Labute approximate surface area is 110 Å². The average Bonchev–Trinajstić information content (AvgIpc) is 2.28. The molecule has 6 heteroatoms. The van der Waals surface area contributed by atoms with Crippen LogP contribution in [0.2, 0.25) is 5.02 Å². The highest BCUT2D eigenvalue weighted by molar-refractivity contribution is 6.31. The normalized spacial score (nSPS) is 25.3. The second-order valence-corrected chi connectivity index (χ2v) is 5.62. The van der Waals surface area contributed by atoms with E-state index in [9.17, 15) is 15.2 Å². The first-order valence-corrected chi connectivity index (χ1v) is 6.08. The SMILES string of the molecule is CC1(C)C(O)CC1Nc1cc(Cl)ccc1[N+](=O)[O-]. The van der Waals surface area contributed by atoms with Crippen LogP contribution < -0.4 is 5.32 Å². The summed E-state index contributed by atoms with van der Waals surface area (Å²) in [4.78, 5) is 10.5. The Morgan fingerprint density at radius 3 is 2.72 bits per heavy atom. The second-order valence-electron chi connectivity index (χ2n) is 5.19. The Morgan fingerprint density at radius 1 is 1.56 bits per heavy atom. The summed E-state index contributed by atoms with van der Waals surface area (Å²) in [5, 5.41) is 24.1. The number of nitro groups is 1. The quantitative estimate of drug-likeness (QED) is 0.654. The Hall–Kier alpha value is -1.33. The van der Waals surface area contributed by atoms with E-state index >= 15 is 0 Å². The zero-order valence-electron chi connectivity index (χ0n) is 10.2. The van der Waals surface area contributed by atoms with E-state index in [4.69, 9.17) is 11.6 Å². The molecule has 0 saturated heterocycles. The monoisotopic (exact) mass is 270 g/mol. The molecule has 1 aromatic rings. The molecule has 1 aliphatic rings. The van der Waals surface area contributed by atoms with Gasteiger partial charge in [-0.2, -0.15) is 0 Å². The molecule has 1 saturated carbocycles. The maximum Gasteiger partial charge on any atom is 0.292 e. The minimum absolute atomic E-state index is 0.00316. The molecule has 1 aliphatic carbocycles. The van der Waals surface area contributed by atoms with Crippen LogP contribution in [0, 0.1) is 15.5 Å². The van der Waals surface area contributed by atoms with Crippen molar-refractivity contribution in [2.45, 2.75) is 32.4 Å². The number of hydrogen-bond acceptors (Lipinski definition) is 4. The van der Waals surface area contributed by atoms with Crippen LogP contribution in [0.1, 0.15) is 20.3 Å². The van der Waals surface area contributed by atoms with E-state index in [1.165, 1.54) is 12.1 Å². The highest BCUT2D eigenvalue weighted by atomic mass is 35.5. The lowest BCUT2D eigenvalue weighted by Gasteiger charge is -2.49. The van der Waals surface area contributed by atoms with Crippen molar-refractivity contribution < 1.29 is 10.0 Å². The Bertz CT molecular complexity index is 490. The van der Waals surface area contributed by atoms with E-state index in [1.54, 1.807) is 6.07 Å². The Morgan fingerprint density at radius 2 is 2.22 bits per heavy atom. The average molecular weight is 271 g/mol. The van der Waals surface area contributed by atoms with Crippen molar-refractivity contribution >= 4 is 23.0 Å². The van der Waals surface area contributed by atoms with Gasteiger partial charge >= 0.3 is 0 Å². The summed E-state index contributed by atoms with van der Waals surface area (Å²) in [6, 6.07) is 4.42. The minimum atomic E-state index is -0.444. The summed E-state index contributed by atoms with van der Waals surface area (Å²) in [5.74, 6) is 0. The minimum Gasteiger partial charge on any atom is -0.392 e. The van der Waals surface area contributed by atoms with Crippen molar-refractivity contribution in [3.8, 4) is 0 Å². The van der Waals surface area contributed by atoms with E-state index in [2.05, 4.69) is 5.32 Å². The van der Waals surface area contributed by atoms with Crippen LogP contribution in [0.25, 0.3) is 0 Å². The van der Waals surface area contributed by atoms with Crippen LogP contribution in [0.3, 0.4) is 0 Å². The van der Waals surface area contributed by atoms with Gasteiger partial charge < -0.3 is 10.4 Å². The van der Waals surface area contributed by atoms with Gasteiger partial charge in [0.1, 0.15) is 5.69 Å². The van der Waals surface area contributed by atoms with E-state index in [0.717, 1.165) is 0 Å². The molecule has 0 aromatic heterocycles. The number of nitrogens with zero attached hydrogens (tertiary/aromatic N) is 1. The number of halogens is 1. The first-order valence-electron chi connectivity index (χ1n) is 5.71. The highest BCUT2D eigenvalue weighted by Crippen LogP contribution is 2.43. The highest BCUT2D eigenvalue weighted by Gasteiger charge is 2.47. The molecule has 0 radical (unpaired) electrons. The number of nitrogens with one attached hydrogen (secondary N) is 1. The van der Waals surface area contributed by atoms with E-state index in [0.29, 0.717) is 17.1 Å². The predicted molar refractivity (Wildman–Crippen MR) is 69.9 cm³/mol. The van der Waals surface area contributed by atoms with Gasteiger partial charge in [-0.05, 0) is 18.6 Å². The lowest BCUT2D eigenvalue weighted by molar-refractivity contribution is -0.384. The van der Waals surface area contributed by atoms with Gasteiger partial charge in [0.2, 0.25) is 0 Å². The molecule has 98 valence electrons. The molecule has 1 aromatic carbocycles. The summed E-state index contributed by atoms with van der Waals surface area (Å²) < 4.78 is 0. The molecule has 18 heavy (non-hydrogen) atoms. The van der Waals surface area contributed by atoms with Crippen LogP contribution in [-0.4, -0.2) is 22.2 Å². The molecule has 2 unspecified atom stereocenters. The molecule has 5 nitrogen and oxygen atoms in total. The van der Waals surface area contributed by atoms with E-state index < -0.39 is 4.92 Å². The predicted octanol–water partition coefficient (Wildman–Crippen LogP) is 2.82. The van der Waals surface area contributed by atoms with Gasteiger partial charge in [-0.1, -0.05) is 25.4 Å². The van der Waals surface area contributed by atoms with Gasteiger partial charge in [-0.25, -0.2) is 0 Å². The third-order valence-electron chi connectivity index (χ3n) is 3.70. The molecular formula is C12H15ClN2O3.